The smallest absolute Gasteiger partial charge is 0.333 e. The van der Waals surface area contributed by atoms with Crippen LogP contribution in [0.2, 0.25) is 0 Å². The van der Waals surface area contributed by atoms with Gasteiger partial charge in [-0.1, -0.05) is 96.3 Å². The summed E-state index contributed by atoms with van der Waals surface area (Å²) in [5, 5.41) is 9.75. The first-order chi connectivity index (χ1) is 20.5. The van der Waals surface area contributed by atoms with Crippen LogP contribution < -0.4 is 9.47 Å². The topological polar surface area (TPSA) is 68.5 Å². The first-order valence-electron chi connectivity index (χ1n) is 15.9. The maximum atomic E-state index is 11.3. The van der Waals surface area contributed by atoms with E-state index in [2.05, 4.69) is 19.6 Å². The highest BCUT2D eigenvalue weighted by Gasteiger charge is 2.04. The second-order valence-corrected chi connectivity index (χ2v) is 11.0. The van der Waals surface area contributed by atoms with Crippen LogP contribution in [0.25, 0.3) is 11.6 Å². The minimum Gasteiger partial charge on any atom is -0.494 e. The van der Waals surface area contributed by atoms with Crippen LogP contribution in [0.4, 0.5) is 0 Å². The Morgan fingerprint density at radius 2 is 1.17 bits per heavy atom. The van der Waals surface area contributed by atoms with E-state index in [1.54, 1.807) is 6.92 Å². The van der Waals surface area contributed by atoms with Gasteiger partial charge in [-0.3, -0.25) is 0 Å². The molecular weight excluding hydrogens is 522 g/mol. The summed E-state index contributed by atoms with van der Waals surface area (Å²) in [5.41, 5.74) is 2.90. The molecule has 0 fully saturated rings. The molecule has 0 saturated heterocycles. The van der Waals surface area contributed by atoms with Gasteiger partial charge in [0.15, 0.2) is 0 Å². The minimum atomic E-state index is -0.306. The quantitative estimate of drug-likeness (QED) is 0.0435. The van der Waals surface area contributed by atoms with Crippen LogP contribution in [0, 0.1) is 11.3 Å². The van der Waals surface area contributed by atoms with Crippen LogP contribution in [0.5, 0.6) is 11.5 Å². The van der Waals surface area contributed by atoms with E-state index in [0.29, 0.717) is 24.4 Å². The molecule has 5 heteroatoms. The number of carbonyl (C=O) groups is 1. The van der Waals surface area contributed by atoms with Crippen LogP contribution in [-0.4, -0.2) is 25.8 Å². The lowest BCUT2D eigenvalue weighted by atomic mass is 10.0. The van der Waals surface area contributed by atoms with Crippen molar-refractivity contribution in [2.45, 2.75) is 104 Å². The minimum absolute atomic E-state index is 0.306. The van der Waals surface area contributed by atoms with Crippen molar-refractivity contribution in [1.29, 1.82) is 5.26 Å². The Bertz CT molecular complexity index is 1100. The van der Waals surface area contributed by atoms with Crippen molar-refractivity contribution in [3.8, 4) is 17.6 Å². The molecule has 0 heterocycles. The lowest BCUT2D eigenvalue weighted by molar-refractivity contribution is -0.139. The van der Waals surface area contributed by atoms with Gasteiger partial charge in [-0.25, -0.2) is 4.79 Å². The molecule has 0 aliphatic rings. The standard InChI is InChI=1S/C37H51NO4/c1-4-5-6-7-8-9-12-15-26-40-35-22-18-32(19-23-35)29-34(30-38)33-20-24-36(25-21-33)41-27-16-13-10-11-14-17-28-42-37(39)31(2)3/h18-25,29H,2,4-17,26-28H2,1,3H3. The Balaban J connectivity index is 1.63. The van der Waals surface area contributed by atoms with E-state index in [1.165, 1.54) is 44.9 Å². The molecule has 0 aromatic heterocycles. The van der Waals surface area contributed by atoms with E-state index < -0.39 is 0 Å². The molecule has 0 unspecified atom stereocenters. The summed E-state index contributed by atoms with van der Waals surface area (Å²) in [6.07, 6.45) is 18.5. The van der Waals surface area contributed by atoms with Crippen molar-refractivity contribution in [2.24, 2.45) is 0 Å². The lowest BCUT2D eigenvalue weighted by Crippen LogP contribution is -2.06. The van der Waals surface area contributed by atoms with E-state index in [1.807, 2.05) is 54.6 Å². The molecule has 0 bridgehead atoms. The Kier molecular flexibility index (Phi) is 18.3. The van der Waals surface area contributed by atoms with Gasteiger partial charge in [0.05, 0.1) is 31.5 Å². The van der Waals surface area contributed by atoms with E-state index in [4.69, 9.17) is 14.2 Å². The number of benzene rings is 2. The molecule has 2 aromatic carbocycles. The summed E-state index contributed by atoms with van der Waals surface area (Å²) >= 11 is 0. The summed E-state index contributed by atoms with van der Waals surface area (Å²) in [4.78, 5) is 11.3. The maximum Gasteiger partial charge on any atom is 0.333 e. The predicted octanol–water partition coefficient (Wildman–Crippen LogP) is 10.1. The number of carbonyl (C=O) groups excluding carboxylic acids is 1. The molecule has 0 aliphatic heterocycles. The highest BCUT2D eigenvalue weighted by molar-refractivity contribution is 5.89. The van der Waals surface area contributed by atoms with Gasteiger partial charge in [0.2, 0.25) is 0 Å². The molecule has 0 aliphatic carbocycles. The normalized spacial score (nSPS) is 11.1. The number of rotatable bonds is 23. The van der Waals surface area contributed by atoms with Crippen LogP contribution in [0.15, 0.2) is 60.7 Å². The SMILES string of the molecule is C=C(C)C(=O)OCCCCCCCCOc1ccc(C(C#N)=Cc2ccc(OCCCCCCCCCC)cc2)cc1. The van der Waals surface area contributed by atoms with Gasteiger partial charge in [-0.05, 0) is 79.8 Å². The van der Waals surface area contributed by atoms with Crippen LogP contribution in [-0.2, 0) is 9.53 Å². The highest BCUT2D eigenvalue weighted by atomic mass is 16.5. The van der Waals surface area contributed by atoms with Crippen molar-refractivity contribution in [1.82, 2.24) is 0 Å². The molecule has 2 aromatic rings. The third-order valence-corrected chi connectivity index (χ3v) is 7.13. The van der Waals surface area contributed by atoms with Gasteiger partial charge in [-0.15, -0.1) is 0 Å². The molecule has 0 N–H and O–H groups in total. The number of esters is 1. The van der Waals surface area contributed by atoms with Crippen molar-refractivity contribution < 1.29 is 19.0 Å². The predicted molar refractivity (Wildman–Crippen MR) is 173 cm³/mol. The molecule has 5 nitrogen and oxygen atoms in total. The van der Waals surface area contributed by atoms with Gasteiger partial charge in [0, 0.05) is 5.57 Å². The summed E-state index contributed by atoms with van der Waals surface area (Å²) in [6.45, 7) is 9.38. The zero-order chi connectivity index (χ0) is 30.3. The second kappa shape index (κ2) is 22.1. The Hall–Kier alpha value is -3.52. The summed E-state index contributed by atoms with van der Waals surface area (Å²) < 4.78 is 16.9. The van der Waals surface area contributed by atoms with Gasteiger partial charge in [0.1, 0.15) is 11.5 Å². The molecule has 42 heavy (non-hydrogen) atoms. The molecular formula is C37H51NO4. The number of allylic oxidation sites excluding steroid dienone is 1. The third kappa shape index (κ3) is 15.5. The average Bonchev–Trinajstić information content (AvgIpc) is 3.00. The number of hydrogen-bond acceptors (Lipinski definition) is 5. The van der Waals surface area contributed by atoms with E-state index in [-0.39, 0.29) is 5.97 Å². The summed E-state index contributed by atoms with van der Waals surface area (Å²) in [7, 11) is 0. The number of unbranched alkanes of at least 4 members (excludes halogenated alkanes) is 12. The first kappa shape index (κ1) is 34.7. The molecule has 0 saturated carbocycles. The number of hydrogen-bond donors (Lipinski definition) is 0. The fourth-order valence-electron chi connectivity index (χ4n) is 4.55. The van der Waals surface area contributed by atoms with Gasteiger partial charge >= 0.3 is 5.97 Å². The van der Waals surface area contributed by atoms with Crippen LogP contribution in [0.1, 0.15) is 115 Å². The van der Waals surface area contributed by atoms with Crippen molar-refractivity contribution >= 4 is 17.6 Å². The average molecular weight is 574 g/mol. The highest BCUT2D eigenvalue weighted by Crippen LogP contribution is 2.23. The monoisotopic (exact) mass is 573 g/mol. The molecule has 2 rings (SSSR count). The van der Waals surface area contributed by atoms with Crippen molar-refractivity contribution in [3.63, 3.8) is 0 Å². The Labute approximate surface area is 254 Å². The lowest BCUT2D eigenvalue weighted by Gasteiger charge is -2.08. The third-order valence-electron chi connectivity index (χ3n) is 7.13. The van der Waals surface area contributed by atoms with E-state index in [9.17, 15) is 10.1 Å². The molecule has 0 amide bonds. The fourth-order valence-corrected chi connectivity index (χ4v) is 4.55. The second-order valence-electron chi connectivity index (χ2n) is 11.0. The first-order valence-corrected chi connectivity index (χ1v) is 15.9. The molecule has 228 valence electrons. The molecule has 0 radical (unpaired) electrons. The summed E-state index contributed by atoms with van der Waals surface area (Å²) in [5.74, 6) is 1.38. The van der Waals surface area contributed by atoms with Crippen molar-refractivity contribution in [2.75, 3.05) is 19.8 Å². The Morgan fingerprint density at radius 3 is 1.64 bits per heavy atom. The largest absolute Gasteiger partial charge is 0.494 e. The van der Waals surface area contributed by atoms with Gasteiger partial charge in [-0.2, -0.15) is 5.26 Å². The van der Waals surface area contributed by atoms with Crippen molar-refractivity contribution in [3.05, 3.63) is 71.8 Å². The Morgan fingerprint density at radius 1 is 0.714 bits per heavy atom. The van der Waals surface area contributed by atoms with Gasteiger partial charge < -0.3 is 14.2 Å². The zero-order valence-corrected chi connectivity index (χ0v) is 26.0. The number of nitriles is 1. The van der Waals surface area contributed by atoms with E-state index >= 15 is 0 Å². The fraction of sp³-hybridized carbons (Fsp3) is 0.514. The number of ether oxygens (including phenoxy) is 3. The van der Waals surface area contributed by atoms with E-state index in [0.717, 1.165) is 74.2 Å². The summed E-state index contributed by atoms with van der Waals surface area (Å²) in [6, 6.07) is 18.0. The van der Waals surface area contributed by atoms with Crippen LogP contribution in [0.3, 0.4) is 0 Å². The maximum absolute atomic E-state index is 11.3. The number of nitrogens with zero attached hydrogens (tertiary/aromatic N) is 1. The van der Waals surface area contributed by atoms with Crippen LogP contribution >= 0.6 is 0 Å². The van der Waals surface area contributed by atoms with Gasteiger partial charge in [0.25, 0.3) is 0 Å². The zero-order valence-electron chi connectivity index (χ0n) is 26.0. The molecule has 0 spiro atoms. The molecule has 0 atom stereocenters.